The van der Waals surface area contributed by atoms with Gasteiger partial charge in [0.1, 0.15) is 0 Å². The maximum absolute atomic E-state index is 12.5. The van der Waals surface area contributed by atoms with Crippen molar-refractivity contribution >= 4 is 11.7 Å². The number of piperidine rings is 1. The summed E-state index contributed by atoms with van der Waals surface area (Å²) in [6.45, 7) is 3.33. The molecule has 0 bridgehead atoms. The molecule has 1 aromatic carbocycles. The Morgan fingerprint density at radius 1 is 1.33 bits per heavy atom. The van der Waals surface area contributed by atoms with E-state index in [4.69, 9.17) is 4.74 Å². The van der Waals surface area contributed by atoms with Crippen LogP contribution in [0.3, 0.4) is 0 Å². The number of hydrogen-bond acceptors (Lipinski definition) is 3. The molecule has 2 rings (SSSR count). The van der Waals surface area contributed by atoms with Gasteiger partial charge in [-0.05, 0) is 44.0 Å². The van der Waals surface area contributed by atoms with Crippen molar-refractivity contribution in [1.82, 2.24) is 0 Å². The minimum absolute atomic E-state index is 0.207. The van der Waals surface area contributed by atoms with Gasteiger partial charge in [-0.25, -0.2) is 0 Å². The summed E-state index contributed by atoms with van der Waals surface area (Å²) in [5.41, 5.74) is 0.0437. The Hall–Kier alpha value is -1.72. The summed E-state index contributed by atoms with van der Waals surface area (Å²) in [5, 5.41) is 0. The molecule has 1 saturated heterocycles. The van der Waals surface area contributed by atoms with Crippen molar-refractivity contribution in [3.63, 3.8) is 0 Å². The maximum atomic E-state index is 12.5. The van der Waals surface area contributed by atoms with Crippen molar-refractivity contribution in [2.24, 2.45) is 5.92 Å². The molecule has 0 radical (unpaired) electrons. The van der Waals surface area contributed by atoms with E-state index in [0.29, 0.717) is 18.8 Å². The lowest BCUT2D eigenvalue weighted by molar-refractivity contribution is -0.148. The van der Waals surface area contributed by atoms with Gasteiger partial charge in [0.05, 0.1) is 18.1 Å². The Morgan fingerprint density at radius 3 is 2.57 bits per heavy atom. The first-order valence-corrected chi connectivity index (χ1v) is 7.00. The lowest BCUT2D eigenvalue weighted by atomic mass is 9.97. The van der Waals surface area contributed by atoms with Gasteiger partial charge >= 0.3 is 12.1 Å². The number of alkyl halides is 3. The van der Waals surface area contributed by atoms with Gasteiger partial charge in [-0.3, -0.25) is 4.79 Å². The van der Waals surface area contributed by atoms with Gasteiger partial charge in [0, 0.05) is 18.8 Å². The van der Waals surface area contributed by atoms with Crippen LogP contribution in [0.2, 0.25) is 0 Å². The van der Waals surface area contributed by atoms with Gasteiger partial charge in [-0.1, -0.05) is 0 Å². The summed E-state index contributed by atoms with van der Waals surface area (Å²) in [5.74, 6) is -0.435. The predicted molar refractivity (Wildman–Crippen MR) is 73.0 cm³/mol. The second kappa shape index (κ2) is 6.37. The number of halogens is 3. The van der Waals surface area contributed by atoms with E-state index in [0.717, 1.165) is 31.5 Å². The van der Waals surface area contributed by atoms with E-state index >= 15 is 0 Å². The monoisotopic (exact) mass is 301 g/mol. The van der Waals surface area contributed by atoms with Crippen molar-refractivity contribution < 1.29 is 22.7 Å². The van der Waals surface area contributed by atoms with E-state index in [1.54, 1.807) is 6.92 Å². The second-order valence-electron chi connectivity index (χ2n) is 5.08. The molecule has 0 spiro atoms. The summed E-state index contributed by atoms with van der Waals surface area (Å²) in [7, 11) is 0. The van der Waals surface area contributed by atoms with Crippen molar-refractivity contribution in [2.75, 3.05) is 24.6 Å². The third-order valence-electron chi connectivity index (χ3n) is 3.60. The zero-order chi connectivity index (χ0) is 15.5. The molecule has 1 aliphatic heterocycles. The molecule has 1 aliphatic rings. The van der Waals surface area contributed by atoms with Crippen LogP contribution in [0, 0.1) is 5.92 Å². The molecule has 21 heavy (non-hydrogen) atoms. The van der Waals surface area contributed by atoms with Gasteiger partial charge in [-0.2, -0.15) is 13.2 Å². The topological polar surface area (TPSA) is 29.5 Å². The van der Waals surface area contributed by atoms with Crippen molar-refractivity contribution in [2.45, 2.75) is 25.9 Å². The van der Waals surface area contributed by atoms with E-state index < -0.39 is 11.7 Å². The molecule has 1 atom stereocenters. The summed E-state index contributed by atoms with van der Waals surface area (Å²) < 4.78 is 42.6. The Balaban J connectivity index is 2.06. The summed E-state index contributed by atoms with van der Waals surface area (Å²) in [4.78, 5) is 13.7. The maximum Gasteiger partial charge on any atom is 0.416 e. The average molecular weight is 301 g/mol. The highest BCUT2D eigenvalue weighted by Gasteiger charge is 2.31. The molecule has 6 heteroatoms. The number of carbonyl (C=O) groups excluding carboxylic acids is 1. The number of hydrogen-bond donors (Lipinski definition) is 0. The van der Waals surface area contributed by atoms with Crippen LogP contribution < -0.4 is 4.90 Å². The molecule has 1 fully saturated rings. The normalized spacial score (nSPS) is 19.4. The van der Waals surface area contributed by atoms with E-state index in [1.165, 1.54) is 12.1 Å². The predicted octanol–water partition coefficient (Wildman–Crippen LogP) is 3.48. The van der Waals surface area contributed by atoms with Gasteiger partial charge in [0.2, 0.25) is 0 Å². The second-order valence-corrected chi connectivity index (χ2v) is 5.08. The van der Waals surface area contributed by atoms with Crippen molar-refractivity contribution in [3.8, 4) is 0 Å². The first-order chi connectivity index (χ1) is 9.91. The van der Waals surface area contributed by atoms with Crippen molar-refractivity contribution in [3.05, 3.63) is 29.8 Å². The quantitative estimate of drug-likeness (QED) is 0.801. The number of rotatable bonds is 3. The average Bonchev–Trinajstić information content (AvgIpc) is 2.47. The number of benzene rings is 1. The molecular formula is C15H18F3NO2. The summed E-state index contributed by atoms with van der Waals surface area (Å²) in [6.07, 6.45) is -2.74. The summed E-state index contributed by atoms with van der Waals surface area (Å²) in [6, 6.07) is 5.05. The standard InChI is InChI=1S/C15H18F3NO2/c1-2-21-14(20)11-4-3-9-19(10-11)13-7-5-12(6-8-13)15(16,17)18/h5-8,11H,2-4,9-10H2,1H3. The summed E-state index contributed by atoms with van der Waals surface area (Å²) >= 11 is 0. The number of esters is 1. The van der Waals surface area contributed by atoms with Crippen LogP contribution in [0.15, 0.2) is 24.3 Å². The zero-order valence-electron chi connectivity index (χ0n) is 11.8. The zero-order valence-corrected chi connectivity index (χ0v) is 11.8. The van der Waals surface area contributed by atoms with Gasteiger partial charge in [-0.15, -0.1) is 0 Å². The molecule has 0 N–H and O–H groups in total. The Bertz CT molecular complexity index is 485. The smallest absolute Gasteiger partial charge is 0.416 e. The van der Waals surface area contributed by atoms with Crippen LogP contribution in [0.4, 0.5) is 18.9 Å². The van der Waals surface area contributed by atoms with Crippen molar-refractivity contribution in [1.29, 1.82) is 0 Å². The molecular weight excluding hydrogens is 283 g/mol. The number of carbonyl (C=O) groups is 1. The minimum Gasteiger partial charge on any atom is -0.466 e. The number of anilines is 1. The molecule has 116 valence electrons. The SMILES string of the molecule is CCOC(=O)C1CCCN(c2ccc(C(F)(F)F)cc2)C1. The highest BCUT2D eigenvalue weighted by atomic mass is 19.4. The Kier molecular flexibility index (Phi) is 4.75. The molecule has 0 saturated carbocycles. The van der Waals surface area contributed by atoms with E-state index in [-0.39, 0.29) is 11.9 Å². The Labute approximate surface area is 121 Å². The van der Waals surface area contributed by atoms with E-state index in [2.05, 4.69) is 0 Å². The molecule has 0 aromatic heterocycles. The van der Waals surface area contributed by atoms with Crippen LogP contribution in [0.25, 0.3) is 0 Å². The molecule has 3 nitrogen and oxygen atoms in total. The van der Waals surface area contributed by atoms with Gasteiger partial charge in [0.25, 0.3) is 0 Å². The lowest BCUT2D eigenvalue weighted by Crippen LogP contribution is -2.39. The number of ether oxygens (including phenoxy) is 1. The fourth-order valence-electron chi connectivity index (χ4n) is 2.53. The third kappa shape index (κ3) is 3.89. The molecule has 1 unspecified atom stereocenters. The number of nitrogens with zero attached hydrogens (tertiary/aromatic N) is 1. The fraction of sp³-hybridized carbons (Fsp3) is 0.533. The molecule has 1 aromatic rings. The van der Waals surface area contributed by atoms with Crippen LogP contribution >= 0.6 is 0 Å². The molecule has 0 aliphatic carbocycles. The highest BCUT2D eigenvalue weighted by molar-refractivity contribution is 5.73. The van der Waals surface area contributed by atoms with E-state index in [1.807, 2.05) is 4.90 Å². The van der Waals surface area contributed by atoms with Gasteiger partial charge in [0.15, 0.2) is 0 Å². The van der Waals surface area contributed by atoms with Crippen LogP contribution in [-0.2, 0) is 15.7 Å². The van der Waals surface area contributed by atoms with Crippen LogP contribution in [0.1, 0.15) is 25.3 Å². The fourth-order valence-corrected chi connectivity index (χ4v) is 2.53. The Morgan fingerprint density at radius 2 is 2.00 bits per heavy atom. The van der Waals surface area contributed by atoms with Crippen LogP contribution in [-0.4, -0.2) is 25.7 Å². The largest absolute Gasteiger partial charge is 0.466 e. The van der Waals surface area contributed by atoms with Crippen LogP contribution in [0.5, 0.6) is 0 Å². The van der Waals surface area contributed by atoms with Gasteiger partial charge < -0.3 is 9.64 Å². The third-order valence-corrected chi connectivity index (χ3v) is 3.60. The first-order valence-electron chi connectivity index (χ1n) is 7.00. The highest BCUT2D eigenvalue weighted by Crippen LogP contribution is 2.31. The first kappa shape index (κ1) is 15.7. The molecule has 0 amide bonds. The van der Waals surface area contributed by atoms with E-state index in [9.17, 15) is 18.0 Å². The lowest BCUT2D eigenvalue weighted by Gasteiger charge is -2.33. The molecule has 1 heterocycles. The minimum atomic E-state index is -4.33.